The number of ether oxygens (including phenoxy) is 1. The van der Waals surface area contributed by atoms with Crippen molar-refractivity contribution in [3.8, 4) is 0 Å². The van der Waals surface area contributed by atoms with E-state index >= 15 is 0 Å². The van der Waals surface area contributed by atoms with Crippen LogP contribution in [-0.4, -0.2) is 36.5 Å². The van der Waals surface area contributed by atoms with Gasteiger partial charge in [0.2, 0.25) is 0 Å². The van der Waals surface area contributed by atoms with Crippen molar-refractivity contribution in [1.29, 1.82) is 0 Å². The number of hydrogen-bond donors (Lipinski definition) is 2. The molecule has 2 rings (SSSR count). The van der Waals surface area contributed by atoms with E-state index in [4.69, 9.17) is 4.74 Å². The van der Waals surface area contributed by atoms with E-state index in [-0.39, 0.29) is 6.10 Å². The molecule has 15 heavy (non-hydrogen) atoms. The molecule has 3 heteroatoms. The molecule has 0 aromatic heterocycles. The molecule has 4 atom stereocenters. The van der Waals surface area contributed by atoms with Crippen molar-refractivity contribution in [2.45, 2.75) is 57.3 Å². The molecule has 1 heterocycles. The SMILES string of the molecule is CC1OCCC1NCC1CCCC(O)C1. The van der Waals surface area contributed by atoms with Crippen LogP contribution in [0.25, 0.3) is 0 Å². The fourth-order valence-corrected chi connectivity index (χ4v) is 2.77. The van der Waals surface area contributed by atoms with Gasteiger partial charge in [-0.05, 0) is 45.1 Å². The molecule has 0 radical (unpaired) electrons. The van der Waals surface area contributed by atoms with E-state index in [1.807, 2.05) is 0 Å². The highest BCUT2D eigenvalue weighted by Crippen LogP contribution is 2.24. The average molecular weight is 213 g/mol. The molecule has 2 fully saturated rings. The summed E-state index contributed by atoms with van der Waals surface area (Å²) < 4.78 is 5.51. The number of aliphatic hydroxyl groups is 1. The molecular formula is C12H23NO2. The topological polar surface area (TPSA) is 41.5 Å². The van der Waals surface area contributed by atoms with Gasteiger partial charge in [0.25, 0.3) is 0 Å². The van der Waals surface area contributed by atoms with E-state index in [9.17, 15) is 5.11 Å². The minimum Gasteiger partial charge on any atom is -0.393 e. The van der Waals surface area contributed by atoms with Crippen LogP contribution >= 0.6 is 0 Å². The van der Waals surface area contributed by atoms with Crippen LogP contribution in [0.5, 0.6) is 0 Å². The maximum atomic E-state index is 9.57. The first-order valence-corrected chi connectivity index (χ1v) is 6.28. The standard InChI is InChI=1S/C12H23NO2/c1-9-12(5-6-15-9)13-8-10-3-2-4-11(14)7-10/h9-14H,2-8H2,1H3. The Kier molecular flexibility index (Phi) is 4.00. The highest BCUT2D eigenvalue weighted by molar-refractivity contribution is 4.81. The lowest BCUT2D eigenvalue weighted by Gasteiger charge is -2.27. The first kappa shape index (κ1) is 11.4. The van der Waals surface area contributed by atoms with E-state index in [0.29, 0.717) is 18.1 Å². The molecule has 2 N–H and O–H groups in total. The number of aliphatic hydroxyl groups excluding tert-OH is 1. The molecule has 1 aliphatic carbocycles. The Labute approximate surface area is 92.2 Å². The minimum absolute atomic E-state index is 0.0530. The highest BCUT2D eigenvalue weighted by atomic mass is 16.5. The van der Waals surface area contributed by atoms with Crippen LogP contribution < -0.4 is 5.32 Å². The van der Waals surface area contributed by atoms with Gasteiger partial charge in [0.1, 0.15) is 0 Å². The zero-order valence-electron chi connectivity index (χ0n) is 9.61. The summed E-state index contributed by atoms with van der Waals surface area (Å²) in [6, 6.07) is 0.532. The molecule has 88 valence electrons. The van der Waals surface area contributed by atoms with Crippen molar-refractivity contribution in [1.82, 2.24) is 5.32 Å². The summed E-state index contributed by atoms with van der Waals surface area (Å²) in [7, 11) is 0. The predicted molar refractivity (Wildman–Crippen MR) is 59.8 cm³/mol. The monoisotopic (exact) mass is 213 g/mol. The third kappa shape index (κ3) is 3.16. The van der Waals surface area contributed by atoms with Crippen molar-refractivity contribution < 1.29 is 9.84 Å². The summed E-state index contributed by atoms with van der Waals surface area (Å²) in [6.07, 6.45) is 5.88. The van der Waals surface area contributed by atoms with Gasteiger partial charge in [-0.2, -0.15) is 0 Å². The second-order valence-corrected chi connectivity index (χ2v) is 5.07. The molecule has 1 aliphatic heterocycles. The maximum Gasteiger partial charge on any atom is 0.0700 e. The molecule has 2 aliphatic rings. The lowest BCUT2D eigenvalue weighted by molar-refractivity contribution is 0.0933. The Bertz CT molecular complexity index is 198. The van der Waals surface area contributed by atoms with Gasteiger partial charge in [0, 0.05) is 12.6 Å². The van der Waals surface area contributed by atoms with Crippen molar-refractivity contribution in [2.75, 3.05) is 13.2 Å². The van der Waals surface area contributed by atoms with E-state index in [1.165, 1.54) is 12.8 Å². The predicted octanol–water partition coefficient (Wildman–Crippen LogP) is 1.30. The third-order valence-electron chi connectivity index (χ3n) is 3.80. The highest BCUT2D eigenvalue weighted by Gasteiger charge is 2.26. The Balaban J connectivity index is 1.68. The second kappa shape index (κ2) is 5.28. The fraction of sp³-hybridized carbons (Fsp3) is 1.00. The zero-order valence-corrected chi connectivity index (χ0v) is 9.61. The van der Waals surface area contributed by atoms with Gasteiger partial charge in [0.05, 0.1) is 12.2 Å². The van der Waals surface area contributed by atoms with Crippen LogP contribution in [0.4, 0.5) is 0 Å². The minimum atomic E-state index is -0.0530. The molecule has 4 unspecified atom stereocenters. The zero-order chi connectivity index (χ0) is 10.7. The molecule has 3 nitrogen and oxygen atoms in total. The van der Waals surface area contributed by atoms with Gasteiger partial charge < -0.3 is 15.2 Å². The van der Waals surface area contributed by atoms with Crippen molar-refractivity contribution in [2.24, 2.45) is 5.92 Å². The Morgan fingerprint density at radius 2 is 2.20 bits per heavy atom. The summed E-state index contributed by atoms with van der Waals surface area (Å²) in [4.78, 5) is 0. The Morgan fingerprint density at radius 1 is 1.33 bits per heavy atom. The van der Waals surface area contributed by atoms with Gasteiger partial charge in [-0.15, -0.1) is 0 Å². The van der Waals surface area contributed by atoms with Gasteiger partial charge in [-0.1, -0.05) is 6.42 Å². The first-order valence-electron chi connectivity index (χ1n) is 6.28. The molecule has 0 aromatic carbocycles. The van der Waals surface area contributed by atoms with Gasteiger partial charge in [-0.25, -0.2) is 0 Å². The average Bonchev–Trinajstić information content (AvgIpc) is 2.61. The van der Waals surface area contributed by atoms with Crippen LogP contribution in [0.15, 0.2) is 0 Å². The largest absolute Gasteiger partial charge is 0.393 e. The quantitative estimate of drug-likeness (QED) is 0.742. The van der Waals surface area contributed by atoms with E-state index in [1.54, 1.807) is 0 Å². The van der Waals surface area contributed by atoms with E-state index in [2.05, 4.69) is 12.2 Å². The number of hydrogen-bond acceptors (Lipinski definition) is 3. The van der Waals surface area contributed by atoms with Crippen molar-refractivity contribution in [3.05, 3.63) is 0 Å². The smallest absolute Gasteiger partial charge is 0.0700 e. The third-order valence-corrected chi connectivity index (χ3v) is 3.80. The molecule has 0 spiro atoms. The molecule has 1 saturated heterocycles. The molecule has 0 aromatic rings. The Hall–Kier alpha value is -0.120. The summed E-state index contributed by atoms with van der Waals surface area (Å²) in [5.41, 5.74) is 0. The fourth-order valence-electron chi connectivity index (χ4n) is 2.77. The molecule has 0 amide bonds. The van der Waals surface area contributed by atoms with Crippen LogP contribution in [0.3, 0.4) is 0 Å². The summed E-state index contributed by atoms with van der Waals surface area (Å²) in [5.74, 6) is 0.668. The van der Waals surface area contributed by atoms with Crippen molar-refractivity contribution >= 4 is 0 Å². The molecular weight excluding hydrogens is 190 g/mol. The molecule has 1 saturated carbocycles. The van der Waals surface area contributed by atoms with Gasteiger partial charge in [0.15, 0.2) is 0 Å². The summed E-state index contributed by atoms with van der Waals surface area (Å²) in [6.45, 7) is 4.09. The number of nitrogens with one attached hydrogen (secondary N) is 1. The van der Waals surface area contributed by atoms with Crippen LogP contribution in [-0.2, 0) is 4.74 Å². The van der Waals surface area contributed by atoms with Gasteiger partial charge >= 0.3 is 0 Å². The van der Waals surface area contributed by atoms with Gasteiger partial charge in [-0.3, -0.25) is 0 Å². The van der Waals surface area contributed by atoms with E-state index in [0.717, 1.165) is 32.4 Å². The Morgan fingerprint density at radius 3 is 2.87 bits per heavy atom. The normalized spacial score (nSPS) is 42.0. The van der Waals surface area contributed by atoms with Crippen molar-refractivity contribution in [3.63, 3.8) is 0 Å². The number of rotatable bonds is 3. The van der Waals surface area contributed by atoms with Crippen LogP contribution in [0.1, 0.15) is 39.0 Å². The van der Waals surface area contributed by atoms with Crippen LogP contribution in [0, 0.1) is 5.92 Å². The van der Waals surface area contributed by atoms with Crippen LogP contribution in [0.2, 0.25) is 0 Å². The first-order chi connectivity index (χ1) is 7.25. The second-order valence-electron chi connectivity index (χ2n) is 5.07. The maximum absolute atomic E-state index is 9.57. The van der Waals surface area contributed by atoms with E-state index < -0.39 is 0 Å². The molecule has 0 bridgehead atoms. The lowest BCUT2D eigenvalue weighted by atomic mass is 9.87. The summed E-state index contributed by atoms with van der Waals surface area (Å²) >= 11 is 0. The summed E-state index contributed by atoms with van der Waals surface area (Å²) in [5, 5.41) is 13.2. The lowest BCUT2D eigenvalue weighted by Crippen LogP contribution is -2.39.